The molecule has 0 heterocycles. The van der Waals surface area contributed by atoms with Crippen LogP contribution in [0.4, 0.5) is 0 Å². The second-order valence-electron chi connectivity index (χ2n) is 2.27. The van der Waals surface area contributed by atoms with Crippen LogP contribution < -0.4 is 0 Å². The van der Waals surface area contributed by atoms with Crippen molar-refractivity contribution in [2.45, 2.75) is 26.4 Å². The minimum Gasteiger partial charge on any atom is -0.382 e. The second kappa shape index (κ2) is 2.27. The van der Waals surface area contributed by atoms with Gasteiger partial charge in [0.15, 0.2) is 6.29 Å². The summed E-state index contributed by atoms with van der Waals surface area (Å²) in [5.74, 6) is 0.715. The molecule has 0 amide bonds. The number of rotatable bonds is 2. The highest BCUT2D eigenvalue weighted by molar-refractivity contribution is 5.65. The molecule has 0 bridgehead atoms. The Morgan fingerprint density at radius 2 is 2.00 bits per heavy atom. The number of hydrogen-bond donors (Lipinski definition) is 1. The second-order valence-corrected chi connectivity index (χ2v) is 2.27. The van der Waals surface area contributed by atoms with Crippen LogP contribution in [0.3, 0.4) is 0 Å². The van der Waals surface area contributed by atoms with Gasteiger partial charge in [0.1, 0.15) is 5.60 Å². The van der Waals surface area contributed by atoms with Crippen LogP contribution in [0.5, 0.6) is 0 Å². The van der Waals surface area contributed by atoms with Gasteiger partial charge in [-0.3, -0.25) is 0 Å². The first-order valence-corrected chi connectivity index (χ1v) is 2.50. The van der Waals surface area contributed by atoms with Gasteiger partial charge >= 0.3 is 0 Å². The summed E-state index contributed by atoms with van der Waals surface area (Å²) in [5.41, 5.74) is -1.22. The molecule has 8 heavy (non-hydrogen) atoms. The van der Waals surface area contributed by atoms with E-state index in [1.807, 2.05) is 0 Å². The molecule has 1 N–H and O–H groups in total. The summed E-state index contributed by atoms with van der Waals surface area (Å²) >= 11 is 0. The molecule has 0 aromatic carbocycles. The number of aldehydes is 1. The largest absolute Gasteiger partial charge is 0.382 e. The molecular formula is C6H11O2. The fourth-order valence-electron chi connectivity index (χ4n) is 0.118. The van der Waals surface area contributed by atoms with Gasteiger partial charge in [0.25, 0.3) is 0 Å². The molecule has 1 unspecified atom stereocenters. The van der Waals surface area contributed by atoms with Crippen LogP contribution in [0, 0.1) is 5.92 Å². The Balaban J connectivity index is 3.90. The minimum absolute atomic E-state index is 0.530. The average Bonchev–Trinajstić information content (AvgIpc) is 1.67. The van der Waals surface area contributed by atoms with Gasteiger partial charge in [-0.15, -0.1) is 0 Å². The zero-order valence-corrected chi connectivity index (χ0v) is 5.43. The van der Waals surface area contributed by atoms with Crippen LogP contribution in [0.1, 0.15) is 20.8 Å². The highest BCUT2D eigenvalue weighted by Gasteiger charge is 2.23. The Kier molecular flexibility index (Phi) is 2.16. The maximum atomic E-state index is 10.00. The van der Waals surface area contributed by atoms with E-state index in [1.165, 1.54) is 6.92 Å². The zero-order chi connectivity index (χ0) is 6.78. The van der Waals surface area contributed by atoms with Crippen LogP contribution in [-0.4, -0.2) is 17.0 Å². The number of aliphatic hydroxyl groups is 1. The fraction of sp³-hybridized carbons (Fsp3) is 0.667. The molecule has 0 aliphatic heterocycles. The van der Waals surface area contributed by atoms with Crippen molar-refractivity contribution < 1.29 is 9.90 Å². The Morgan fingerprint density at radius 3 is 2.00 bits per heavy atom. The lowest BCUT2D eigenvalue weighted by atomic mass is 9.95. The van der Waals surface area contributed by atoms with Crippen molar-refractivity contribution in [1.82, 2.24) is 0 Å². The summed E-state index contributed by atoms with van der Waals surface area (Å²) in [4.78, 5) is 10.00. The molecule has 0 aliphatic carbocycles. The van der Waals surface area contributed by atoms with Crippen molar-refractivity contribution in [2.24, 2.45) is 0 Å². The summed E-state index contributed by atoms with van der Waals surface area (Å²) < 4.78 is 0. The lowest BCUT2D eigenvalue weighted by Crippen LogP contribution is -2.30. The van der Waals surface area contributed by atoms with Gasteiger partial charge in [-0.2, -0.15) is 0 Å². The molecule has 2 nitrogen and oxygen atoms in total. The molecule has 0 fully saturated rings. The van der Waals surface area contributed by atoms with Gasteiger partial charge < -0.3 is 9.90 Å². The first kappa shape index (κ1) is 7.63. The molecule has 1 radical (unpaired) electrons. The van der Waals surface area contributed by atoms with Gasteiger partial charge in [0, 0.05) is 5.92 Å². The third kappa shape index (κ3) is 1.62. The summed E-state index contributed by atoms with van der Waals surface area (Å²) in [7, 11) is 0. The van der Waals surface area contributed by atoms with E-state index < -0.39 is 5.60 Å². The van der Waals surface area contributed by atoms with E-state index in [4.69, 9.17) is 5.11 Å². The number of carbonyl (C=O) groups is 1. The molecule has 0 rings (SSSR count). The van der Waals surface area contributed by atoms with E-state index in [1.54, 1.807) is 13.8 Å². The fourth-order valence-corrected chi connectivity index (χ4v) is 0.118. The molecule has 0 spiro atoms. The van der Waals surface area contributed by atoms with Crippen molar-refractivity contribution in [3.63, 3.8) is 0 Å². The van der Waals surface area contributed by atoms with Gasteiger partial charge in [-0.1, -0.05) is 13.8 Å². The summed E-state index contributed by atoms with van der Waals surface area (Å²) in [6, 6.07) is 0. The molecule has 0 aromatic heterocycles. The summed E-state index contributed by atoms with van der Waals surface area (Å²) in [5, 5.41) is 9.00. The van der Waals surface area contributed by atoms with Crippen molar-refractivity contribution in [3.8, 4) is 0 Å². The lowest BCUT2D eigenvalue weighted by molar-refractivity contribution is -0.120. The van der Waals surface area contributed by atoms with E-state index in [0.29, 0.717) is 12.2 Å². The predicted octanol–water partition coefficient (Wildman–Crippen LogP) is 0.551. The monoisotopic (exact) mass is 115 g/mol. The summed E-state index contributed by atoms with van der Waals surface area (Å²) in [6.45, 7) is 4.90. The smallest absolute Gasteiger partial charge is 0.151 e. The van der Waals surface area contributed by atoms with E-state index in [9.17, 15) is 4.79 Å². The van der Waals surface area contributed by atoms with Gasteiger partial charge in [-0.05, 0) is 6.92 Å². The minimum atomic E-state index is -1.22. The van der Waals surface area contributed by atoms with E-state index in [-0.39, 0.29) is 0 Å². The van der Waals surface area contributed by atoms with Gasteiger partial charge in [-0.25, -0.2) is 0 Å². The topological polar surface area (TPSA) is 37.3 Å². The van der Waals surface area contributed by atoms with Crippen LogP contribution >= 0.6 is 0 Å². The third-order valence-electron chi connectivity index (χ3n) is 1.24. The average molecular weight is 115 g/mol. The van der Waals surface area contributed by atoms with Crippen molar-refractivity contribution in [2.75, 3.05) is 0 Å². The van der Waals surface area contributed by atoms with Crippen LogP contribution in [0.2, 0.25) is 0 Å². The van der Waals surface area contributed by atoms with Crippen molar-refractivity contribution >= 4 is 6.29 Å². The Morgan fingerprint density at radius 1 is 1.62 bits per heavy atom. The summed E-state index contributed by atoms with van der Waals surface area (Å²) in [6.07, 6.45) is 0.530. The zero-order valence-electron chi connectivity index (χ0n) is 5.43. The molecule has 0 saturated carbocycles. The molecule has 0 aliphatic rings. The predicted molar refractivity (Wildman–Crippen MR) is 31.3 cm³/mol. The third-order valence-corrected chi connectivity index (χ3v) is 1.24. The Bertz CT molecular complexity index is 84.5. The Labute approximate surface area is 49.5 Å². The maximum Gasteiger partial charge on any atom is 0.151 e. The highest BCUT2D eigenvalue weighted by atomic mass is 16.3. The number of carbonyl (C=O) groups excluding carboxylic acids is 1. The lowest BCUT2D eigenvalue weighted by Gasteiger charge is -2.18. The van der Waals surface area contributed by atoms with Crippen molar-refractivity contribution in [1.29, 1.82) is 0 Å². The molecule has 1 atom stereocenters. The number of hydrogen-bond acceptors (Lipinski definition) is 2. The quantitative estimate of drug-likeness (QED) is 0.533. The Hall–Kier alpha value is -0.370. The van der Waals surface area contributed by atoms with Crippen LogP contribution in [0.25, 0.3) is 0 Å². The standard InChI is InChI=1S/C6H11O2/c1-5(2)6(3,8)4-7/h4,8H,1-3H3. The molecule has 2 heteroatoms. The van der Waals surface area contributed by atoms with E-state index >= 15 is 0 Å². The first-order valence-electron chi connectivity index (χ1n) is 2.50. The molecule has 0 aromatic rings. The highest BCUT2D eigenvalue weighted by Crippen LogP contribution is 2.13. The van der Waals surface area contributed by atoms with Crippen molar-refractivity contribution in [3.05, 3.63) is 5.92 Å². The molecule has 0 saturated heterocycles. The normalized spacial score (nSPS) is 18.1. The van der Waals surface area contributed by atoms with E-state index in [0.717, 1.165) is 0 Å². The maximum absolute atomic E-state index is 10.00. The molecular weight excluding hydrogens is 104 g/mol. The SMILES string of the molecule is C[C](C)C(C)(O)C=O. The first-order chi connectivity index (χ1) is 3.50. The van der Waals surface area contributed by atoms with Gasteiger partial charge in [0.05, 0.1) is 0 Å². The van der Waals surface area contributed by atoms with Crippen LogP contribution in [-0.2, 0) is 4.79 Å². The molecule has 47 valence electrons. The van der Waals surface area contributed by atoms with Crippen LogP contribution in [0.15, 0.2) is 0 Å². The van der Waals surface area contributed by atoms with Gasteiger partial charge in [0.2, 0.25) is 0 Å². The van der Waals surface area contributed by atoms with E-state index in [2.05, 4.69) is 0 Å².